The summed E-state index contributed by atoms with van der Waals surface area (Å²) in [6, 6.07) is 3.77. The molecule has 0 bridgehead atoms. The van der Waals surface area contributed by atoms with E-state index in [-0.39, 0.29) is 17.8 Å². The third-order valence-electron chi connectivity index (χ3n) is 2.81. The zero-order valence-electron chi connectivity index (χ0n) is 8.40. The predicted octanol–water partition coefficient (Wildman–Crippen LogP) is 2.19. The third kappa shape index (κ3) is 1.43. The topological polar surface area (TPSA) is 39.4 Å². The van der Waals surface area contributed by atoms with Crippen LogP contribution in [0.5, 0.6) is 0 Å². The SMILES string of the molecule is CCOC(=O)C1C(C)C1c1ccco1. The van der Waals surface area contributed by atoms with Gasteiger partial charge in [-0.1, -0.05) is 6.92 Å². The molecule has 2 rings (SSSR count). The van der Waals surface area contributed by atoms with Crippen molar-refractivity contribution in [2.75, 3.05) is 6.61 Å². The molecule has 0 radical (unpaired) electrons. The molecular weight excluding hydrogens is 180 g/mol. The molecule has 3 heteroatoms. The molecule has 1 aliphatic rings. The lowest BCUT2D eigenvalue weighted by Gasteiger charge is -1.98. The maximum Gasteiger partial charge on any atom is 0.309 e. The van der Waals surface area contributed by atoms with Crippen LogP contribution in [-0.4, -0.2) is 12.6 Å². The summed E-state index contributed by atoms with van der Waals surface area (Å²) in [5, 5.41) is 0. The molecule has 3 atom stereocenters. The van der Waals surface area contributed by atoms with Crippen molar-refractivity contribution < 1.29 is 13.9 Å². The molecule has 0 saturated heterocycles. The van der Waals surface area contributed by atoms with Gasteiger partial charge in [-0.15, -0.1) is 0 Å². The zero-order chi connectivity index (χ0) is 10.1. The van der Waals surface area contributed by atoms with E-state index in [4.69, 9.17) is 9.15 Å². The number of rotatable bonds is 3. The number of carbonyl (C=O) groups is 1. The fourth-order valence-electron chi connectivity index (χ4n) is 1.98. The first-order valence-corrected chi connectivity index (χ1v) is 4.95. The maximum absolute atomic E-state index is 11.5. The van der Waals surface area contributed by atoms with E-state index in [1.54, 1.807) is 6.26 Å². The van der Waals surface area contributed by atoms with Gasteiger partial charge in [0, 0.05) is 5.92 Å². The van der Waals surface area contributed by atoms with Crippen molar-refractivity contribution in [2.45, 2.75) is 19.8 Å². The van der Waals surface area contributed by atoms with E-state index >= 15 is 0 Å². The average Bonchev–Trinajstić information content (AvgIpc) is 2.65. The summed E-state index contributed by atoms with van der Waals surface area (Å²) < 4.78 is 10.3. The summed E-state index contributed by atoms with van der Waals surface area (Å²) in [5.41, 5.74) is 0. The summed E-state index contributed by atoms with van der Waals surface area (Å²) in [6.45, 7) is 4.33. The van der Waals surface area contributed by atoms with Crippen molar-refractivity contribution in [1.82, 2.24) is 0 Å². The van der Waals surface area contributed by atoms with Crippen LogP contribution in [0.4, 0.5) is 0 Å². The minimum absolute atomic E-state index is 0.00102. The predicted molar refractivity (Wildman–Crippen MR) is 50.7 cm³/mol. The van der Waals surface area contributed by atoms with Gasteiger partial charge in [0.25, 0.3) is 0 Å². The summed E-state index contributed by atoms with van der Waals surface area (Å²) in [4.78, 5) is 11.5. The van der Waals surface area contributed by atoms with E-state index in [2.05, 4.69) is 6.92 Å². The minimum Gasteiger partial charge on any atom is -0.469 e. The Morgan fingerprint density at radius 3 is 3.00 bits per heavy atom. The molecule has 1 aromatic heterocycles. The molecule has 0 aromatic carbocycles. The van der Waals surface area contributed by atoms with Crippen molar-refractivity contribution >= 4 is 5.97 Å². The Morgan fingerprint density at radius 2 is 2.43 bits per heavy atom. The number of esters is 1. The minimum atomic E-state index is -0.0959. The van der Waals surface area contributed by atoms with Gasteiger partial charge in [-0.2, -0.15) is 0 Å². The first-order valence-electron chi connectivity index (χ1n) is 4.95. The second-order valence-electron chi connectivity index (χ2n) is 3.68. The van der Waals surface area contributed by atoms with Crippen molar-refractivity contribution in [2.24, 2.45) is 11.8 Å². The quantitative estimate of drug-likeness (QED) is 0.692. The normalized spacial score (nSPS) is 30.0. The average molecular weight is 194 g/mol. The lowest BCUT2D eigenvalue weighted by molar-refractivity contribution is -0.145. The van der Waals surface area contributed by atoms with E-state index in [1.165, 1.54) is 0 Å². The Kier molecular flexibility index (Phi) is 2.32. The fourth-order valence-corrected chi connectivity index (χ4v) is 1.98. The molecule has 0 amide bonds. The van der Waals surface area contributed by atoms with E-state index in [0.29, 0.717) is 12.5 Å². The Balaban J connectivity index is 2.02. The fraction of sp³-hybridized carbons (Fsp3) is 0.545. The first kappa shape index (κ1) is 9.31. The van der Waals surface area contributed by atoms with Crippen LogP contribution in [-0.2, 0) is 9.53 Å². The van der Waals surface area contributed by atoms with E-state index < -0.39 is 0 Å². The standard InChI is InChI=1S/C11H14O3/c1-3-13-11(12)10-7(2)9(10)8-5-4-6-14-8/h4-7,9-10H,3H2,1-2H3. The lowest BCUT2D eigenvalue weighted by atomic mass is 10.2. The summed E-state index contributed by atoms with van der Waals surface area (Å²) in [7, 11) is 0. The molecule has 76 valence electrons. The van der Waals surface area contributed by atoms with Gasteiger partial charge >= 0.3 is 5.97 Å². The van der Waals surface area contributed by atoms with E-state index in [9.17, 15) is 4.79 Å². The van der Waals surface area contributed by atoms with Crippen molar-refractivity contribution in [3.8, 4) is 0 Å². The Labute approximate surface area is 83.0 Å². The van der Waals surface area contributed by atoms with Crippen LogP contribution in [0.3, 0.4) is 0 Å². The van der Waals surface area contributed by atoms with Crippen LogP contribution in [0.1, 0.15) is 25.5 Å². The van der Waals surface area contributed by atoms with Crippen LogP contribution in [0.25, 0.3) is 0 Å². The molecule has 1 fully saturated rings. The van der Waals surface area contributed by atoms with Gasteiger partial charge < -0.3 is 9.15 Å². The van der Waals surface area contributed by atoms with Gasteiger partial charge in [0.1, 0.15) is 5.76 Å². The van der Waals surface area contributed by atoms with Gasteiger partial charge in [0.15, 0.2) is 0 Å². The Hall–Kier alpha value is -1.25. The molecule has 1 aromatic rings. The molecule has 3 nitrogen and oxygen atoms in total. The molecule has 0 N–H and O–H groups in total. The highest BCUT2D eigenvalue weighted by atomic mass is 16.5. The third-order valence-corrected chi connectivity index (χ3v) is 2.81. The van der Waals surface area contributed by atoms with Gasteiger partial charge in [0.05, 0.1) is 18.8 Å². The van der Waals surface area contributed by atoms with Gasteiger partial charge in [-0.3, -0.25) is 4.79 Å². The summed E-state index contributed by atoms with van der Waals surface area (Å²) in [6.07, 6.45) is 1.64. The van der Waals surface area contributed by atoms with Crippen LogP contribution < -0.4 is 0 Å². The molecule has 1 saturated carbocycles. The summed E-state index contributed by atoms with van der Waals surface area (Å²) in [5.74, 6) is 1.38. The molecule has 1 heterocycles. The number of carbonyl (C=O) groups excluding carboxylic acids is 1. The van der Waals surface area contributed by atoms with Gasteiger partial charge in [-0.25, -0.2) is 0 Å². The van der Waals surface area contributed by atoms with Gasteiger partial charge in [-0.05, 0) is 25.0 Å². The van der Waals surface area contributed by atoms with Gasteiger partial charge in [0.2, 0.25) is 0 Å². The zero-order valence-corrected chi connectivity index (χ0v) is 8.40. The molecule has 1 aliphatic carbocycles. The molecule has 14 heavy (non-hydrogen) atoms. The molecule has 0 spiro atoms. The highest BCUT2D eigenvalue weighted by molar-refractivity contribution is 5.77. The molecule has 3 unspecified atom stereocenters. The van der Waals surface area contributed by atoms with Crippen LogP contribution in [0.2, 0.25) is 0 Å². The van der Waals surface area contributed by atoms with Crippen LogP contribution in [0, 0.1) is 11.8 Å². The molecular formula is C11H14O3. The Morgan fingerprint density at radius 1 is 1.64 bits per heavy atom. The number of ether oxygens (including phenoxy) is 1. The van der Waals surface area contributed by atoms with E-state index in [0.717, 1.165) is 5.76 Å². The number of hydrogen-bond acceptors (Lipinski definition) is 3. The van der Waals surface area contributed by atoms with Crippen LogP contribution in [0.15, 0.2) is 22.8 Å². The maximum atomic E-state index is 11.5. The first-order chi connectivity index (χ1) is 6.75. The second kappa shape index (κ2) is 3.48. The monoisotopic (exact) mass is 194 g/mol. The van der Waals surface area contributed by atoms with Crippen LogP contribution >= 0.6 is 0 Å². The summed E-state index contributed by atoms with van der Waals surface area (Å²) >= 11 is 0. The molecule has 0 aliphatic heterocycles. The van der Waals surface area contributed by atoms with Crippen molar-refractivity contribution in [3.63, 3.8) is 0 Å². The number of hydrogen-bond donors (Lipinski definition) is 0. The second-order valence-corrected chi connectivity index (χ2v) is 3.68. The largest absolute Gasteiger partial charge is 0.469 e. The smallest absolute Gasteiger partial charge is 0.309 e. The lowest BCUT2D eigenvalue weighted by Crippen LogP contribution is -2.07. The highest BCUT2D eigenvalue weighted by Gasteiger charge is 2.55. The number of furan rings is 1. The Bertz CT molecular complexity index is 315. The van der Waals surface area contributed by atoms with E-state index in [1.807, 2.05) is 19.1 Å². The highest BCUT2D eigenvalue weighted by Crippen LogP contribution is 2.54. The van der Waals surface area contributed by atoms with Crippen molar-refractivity contribution in [3.05, 3.63) is 24.2 Å². The van der Waals surface area contributed by atoms with Crippen molar-refractivity contribution in [1.29, 1.82) is 0 Å².